The molecule has 0 fully saturated rings. The van der Waals surface area contributed by atoms with Crippen LogP contribution in [-0.2, 0) is 11.2 Å². The van der Waals surface area contributed by atoms with E-state index in [1.54, 1.807) is 59.4 Å². The van der Waals surface area contributed by atoms with Gasteiger partial charge >= 0.3 is 0 Å². The molecule has 4 heterocycles. The van der Waals surface area contributed by atoms with Crippen LogP contribution in [0.25, 0.3) is 27.9 Å². The summed E-state index contributed by atoms with van der Waals surface area (Å²) in [7, 11) is 1.66. The van der Waals surface area contributed by atoms with E-state index in [0.717, 1.165) is 11.1 Å². The van der Waals surface area contributed by atoms with Gasteiger partial charge in [0, 0.05) is 37.0 Å². The number of tetrazole rings is 1. The van der Waals surface area contributed by atoms with Gasteiger partial charge in [-0.25, -0.2) is 4.39 Å². The largest absolute Gasteiger partial charge is 0.619 e. The summed E-state index contributed by atoms with van der Waals surface area (Å²) < 4.78 is 19.6. The fourth-order valence-electron chi connectivity index (χ4n) is 5.02. The lowest BCUT2D eigenvalue weighted by Gasteiger charge is -2.24. The standard InChI is InChI=1S/C31H25ClFN9O3/c1-38(29(43)15-21-5-3-2-4-6-21)19-28(40-17-24(16-35-40)22-11-13-39(44)14-12-22)26-9-7-23(18-42(26)45)30-27(41-20-34-36-37-41)10-8-25(32)31(30)33/h2-14,16-18,20,28H,15,19H2,1H3. The van der Waals surface area contributed by atoms with Gasteiger partial charge in [0.15, 0.2) is 30.4 Å². The maximum atomic E-state index is 15.4. The summed E-state index contributed by atoms with van der Waals surface area (Å²) >= 11 is 6.12. The van der Waals surface area contributed by atoms with Crippen LogP contribution in [0.4, 0.5) is 4.39 Å². The summed E-state index contributed by atoms with van der Waals surface area (Å²) in [6.07, 6.45) is 8.84. The van der Waals surface area contributed by atoms with Crippen LogP contribution in [0.15, 0.2) is 104 Å². The molecular weight excluding hydrogens is 601 g/mol. The molecule has 45 heavy (non-hydrogen) atoms. The third-order valence-corrected chi connectivity index (χ3v) is 7.66. The third kappa shape index (κ3) is 6.19. The normalized spacial score (nSPS) is 11.8. The fourth-order valence-corrected chi connectivity index (χ4v) is 5.18. The molecule has 0 saturated heterocycles. The minimum Gasteiger partial charge on any atom is -0.619 e. The van der Waals surface area contributed by atoms with Crippen LogP contribution < -0.4 is 9.46 Å². The van der Waals surface area contributed by atoms with Gasteiger partial charge in [-0.2, -0.15) is 19.2 Å². The number of hydrogen-bond acceptors (Lipinski definition) is 7. The van der Waals surface area contributed by atoms with Crippen molar-refractivity contribution in [2.45, 2.75) is 12.5 Å². The second-order valence-corrected chi connectivity index (χ2v) is 10.7. The number of halogens is 2. The summed E-state index contributed by atoms with van der Waals surface area (Å²) in [6, 6.07) is 18.0. The molecule has 0 aliphatic carbocycles. The number of aromatic nitrogens is 8. The van der Waals surface area contributed by atoms with Crippen LogP contribution in [0.1, 0.15) is 17.3 Å². The quantitative estimate of drug-likeness (QED) is 0.177. The van der Waals surface area contributed by atoms with Crippen LogP contribution >= 0.6 is 11.6 Å². The monoisotopic (exact) mass is 625 g/mol. The molecule has 0 bridgehead atoms. The molecule has 1 atom stereocenters. The van der Waals surface area contributed by atoms with Crippen molar-refractivity contribution < 1.29 is 18.6 Å². The second-order valence-electron chi connectivity index (χ2n) is 10.3. The van der Waals surface area contributed by atoms with Gasteiger partial charge in [-0.3, -0.25) is 9.48 Å². The Balaban J connectivity index is 1.38. The Bertz CT molecular complexity index is 1950. The van der Waals surface area contributed by atoms with Gasteiger partial charge in [0.1, 0.15) is 6.33 Å². The van der Waals surface area contributed by atoms with Crippen molar-refractivity contribution in [3.8, 4) is 27.9 Å². The van der Waals surface area contributed by atoms with Crippen molar-refractivity contribution in [3.05, 3.63) is 137 Å². The van der Waals surface area contributed by atoms with Gasteiger partial charge in [0.2, 0.25) is 11.6 Å². The third-order valence-electron chi connectivity index (χ3n) is 7.37. The van der Waals surface area contributed by atoms with Crippen molar-refractivity contribution in [2.75, 3.05) is 13.6 Å². The first-order chi connectivity index (χ1) is 21.8. The van der Waals surface area contributed by atoms with E-state index >= 15 is 4.39 Å². The van der Waals surface area contributed by atoms with E-state index in [1.807, 2.05) is 30.3 Å². The topological polar surface area (TPSA) is 136 Å². The molecule has 6 aromatic rings. The summed E-state index contributed by atoms with van der Waals surface area (Å²) in [5.74, 6) is -0.887. The number of nitrogens with zero attached hydrogens (tertiary/aromatic N) is 9. The number of pyridine rings is 2. The van der Waals surface area contributed by atoms with Crippen molar-refractivity contribution in [1.29, 1.82) is 0 Å². The minimum atomic E-state index is -0.737. The molecule has 0 aliphatic rings. The first kappa shape index (κ1) is 29.4. The minimum absolute atomic E-state index is 0.0405. The van der Waals surface area contributed by atoms with Crippen molar-refractivity contribution in [1.82, 2.24) is 34.9 Å². The van der Waals surface area contributed by atoms with Crippen LogP contribution in [-0.4, -0.2) is 54.4 Å². The van der Waals surface area contributed by atoms with E-state index in [9.17, 15) is 15.2 Å². The molecule has 14 heteroatoms. The number of likely N-dealkylation sites (N-methyl/N-ethyl adjacent to an activating group) is 1. The fraction of sp³-hybridized carbons (Fsp3) is 0.129. The molecule has 0 spiro atoms. The van der Waals surface area contributed by atoms with Gasteiger partial charge in [0.25, 0.3) is 0 Å². The van der Waals surface area contributed by atoms with Crippen LogP contribution in [0.2, 0.25) is 5.02 Å². The average Bonchev–Trinajstić information content (AvgIpc) is 3.76. The Labute approximate surface area is 261 Å². The van der Waals surface area contributed by atoms with E-state index in [0.29, 0.717) is 15.0 Å². The van der Waals surface area contributed by atoms with Crippen molar-refractivity contribution >= 4 is 17.5 Å². The highest BCUT2D eigenvalue weighted by Crippen LogP contribution is 2.33. The first-order valence-corrected chi connectivity index (χ1v) is 14.1. The molecular formula is C31H25ClFN9O3. The molecule has 6 rings (SSSR count). The Morgan fingerprint density at radius 3 is 2.51 bits per heavy atom. The van der Waals surface area contributed by atoms with E-state index in [4.69, 9.17) is 11.6 Å². The molecule has 2 aromatic carbocycles. The molecule has 12 nitrogen and oxygen atoms in total. The van der Waals surface area contributed by atoms with Crippen molar-refractivity contribution in [3.63, 3.8) is 0 Å². The molecule has 226 valence electrons. The lowest BCUT2D eigenvalue weighted by molar-refractivity contribution is -0.615. The lowest BCUT2D eigenvalue weighted by atomic mass is 10.0. The molecule has 0 radical (unpaired) electrons. The van der Waals surface area contributed by atoms with Crippen LogP contribution in [0.3, 0.4) is 0 Å². The zero-order valence-corrected chi connectivity index (χ0v) is 24.6. The highest BCUT2D eigenvalue weighted by atomic mass is 35.5. The molecule has 0 N–H and O–H groups in total. The number of carbonyl (C=O) groups excluding carboxylic acids is 1. The van der Waals surface area contributed by atoms with Gasteiger partial charge in [0.05, 0.1) is 41.0 Å². The molecule has 4 aromatic heterocycles. The number of rotatable bonds is 9. The number of benzene rings is 2. The van der Waals surface area contributed by atoms with E-state index in [2.05, 4.69) is 20.6 Å². The Morgan fingerprint density at radius 2 is 1.80 bits per heavy atom. The zero-order chi connectivity index (χ0) is 31.5. The Morgan fingerprint density at radius 1 is 1.02 bits per heavy atom. The molecule has 0 aliphatic heterocycles. The predicted molar refractivity (Wildman–Crippen MR) is 161 cm³/mol. The van der Waals surface area contributed by atoms with Crippen molar-refractivity contribution in [2.24, 2.45) is 0 Å². The van der Waals surface area contributed by atoms with Gasteiger partial charge in [-0.05, 0) is 39.8 Å². The van der Waals surface area contributed by atoms with E-state index < -0.39 is 11.9 Å². The average molecular weight is 626 g/mol. The molecule has 0 saturated carbocycles. The Hall–Kier alpha value is -5.69. The Kier molecular flexibility index (Phi) is 8.16. The highest BCUT2D eigenvalue weighted by Gasteiger charge is 2.28. The summed E-state index contributed by atoms with van der Waals surface area (Å²) in [4.78, 5) is 14.8. The first-order valence-electron chi connectivity index (χ1n) is 13.7. The van der Waals surface area contributed by atoms with Gasteiger partial charge in [-0.15, -0.1) is 5.10 Å². The number of carbonyl (C=O) groups is 1. The zero-order valence-electron chi connectivity index (χ0n) is 23.8. The summed E-state index contributed by atoms with van der Waals surface area (Å²) in [5.41, 5.74) is 3.14. The smallest absolute Gasteiger partial charge is 0.226 e. The van der Waals surface area contributed by atoms with Crippen LogP contribution in [0, 0.1) is 16.2 Å². The molecule has 1 unspecified atom stereocenters. The maximum Gasteiger partial charge on any atom is 0.226 e. The predicted octanol–water partition coefficient (Wildman–Crippen LogP) is 3.54. The SMILES string of the molecule is CN(CC(c1ccc(-c2c(-n3cnnn3)ccc(Cl)c2F)c[n+]1[O-])n1cc(-c2cc[n+]([O-])cc2)cn1)C(=O)Cc1ccccc1. The van der Waals surface area contributed by atoms with E-state index in [-0.39, 0.29) is 46.4 Å². The summed E-state index contributed by atoms with van der Waals surface area (Å²) in [5, 5.41) is 40.7. The number of hydrogen-bond donors (Lipinski definition) is 0. The van der Waals surface area contributed by atoms with E-state index in [1.165, 1.54) is 35.7 Å². The highest BCUT2D eigenvalue weighted by molar-refractivity contribution is 6.31. The maximum absolute atomic E-state index is 15.4. The van der Waals surface area contributed by atoms with Gasteiger partial charge < -0.3 is 15.3 Å². The summed E-state index contributed by atoms with van der Waals surface area (Å²) in [6.45, 7) is 0.102. The second kappa shape index (κ2) is 12.5. The molecule has 1 amide bonds. The number of amides is 1. The van der Waals surface area contributed by atoms with Gasteiger partial charge in [-0.1, -0.05) is 41.9 Å². The van der Waals surface area contributed by atoms with Crippen LogP contribution in [0.5, 0.6) is 0 Å². The lowest BCUT2D eigenvalue weighted by Crippen LogP contribution is -2.41.